The molecule has 10 nitrogen and oxygen atoms in total. The number of carbonyl (C=O) groups excluding carboxylic acids is 2. The highest BCUT2D eigenvalue weighted by Gasteiger charge is 2.33. The van der Waals surface area contributed by atoms with Crippen molar-refractivity contribution in [2.75, 3.05) is 30.9 Å². The number of amides is 1. The SMILES string of the molecule is CCCCS(=O)(=O)NC(Cc1ccc(OCC2CN(c3ccccc3CN)C(=O)O2)cc1)C(=O)OC. The zero-order chi connectivity index (χ0) is 26.1. The number of unbranched alkanes of at least 4 members (excludes halogenated alkanes) is 1. The molecule has 0 spiro atoms. The Hall–Kier alpha value is -3.15. The molecule has 1 aliphatic heterocycles. The molecule has 1 aliphatic rings. The molecule has 196 valence electrons. The second-order valence-electron chi connectivity index (χ2n) is 8.47. The van der Waals surface area contributed by atoms with Gasteiger partial charge in [0.25, 0.3) is 0 Å². The second-order valence-corrected chi connectivity index (χ2v) is 10.3. The Labute approximate surface area is 211 Å². The molecule has 36 heavy (non-hydrogen) atoms. The van der Waals surface area contributed by atoms with Gasteiger partial charge in [0.15, 0.2) is 6.10 Å². The number of esters is 1. The third-order valence-corrected chi connectivity index (χ3v) is 7.22. The molecule has 3 N–H and O–H groups in total. The van der Waals surface area contributed by atoms with Crippen LogP contribution in [0.1, 0.15) is 30.9 Å². The molecule has 1 heterocycles. The molecule has 2 aromatic rings. The van der Waals surface area contributed by atoms with Crippen molar-refractivity contribution < 1.29 is 32.2 Å². The van der Waals surface area contributed by atoms with Crippen LogP contribution in [0.5, 0.6) is 5.75 Å². The van der Waals surface area contributed by atoms with Gasteiger partial charge in [-0.3, -0.25) is 9.69 Å². The lowest BCUT2D eigenvalue weighted by molar-refractivity contribution is -0.142. The number of methoxy groups -OCH3 is 1. The van der Waals surface area contributed by atoms with E-state index in [4.69, 9.17) is 19.9 Å². The maximum atomic E-state index is 12.4. The van der Waals surface area contributed by atoms with Crippen molar-refractivity contribution in [1.29, 1.82) is 0 Å². The summed E-state index contributed by atoms with van der Waals surface area (Å²) < 4.78 is 43.0. The van der Waals surface area contributed by atoms with E-state index in [1.54, 1.807) is 29.2 Å². The van der Waals surface area contributed by atoms with Crippen LogP contribution >= 0.6 is 0 Å². The largest absolute Gasteiger partial charge is 0.490 e. The number of rotatable bonds is 13. The van der Waals surface area contributed by atoms with E-state index in [0.717, 1.165) is 23.2 Å². The fraction of sp³-hybridized carbons (Fsp3) is 0.440. The molecule has 2 atom stereocenters. The van der Waals surface area contributed by atoms with Gasteiger partial charge in [-0.05, 0) is 42.2 Å². The van der Waals surface area contributed by atoms with Crippen molar-refractivity contribution in [3.8, 4) is 5.75 Å². The summed E-state index contributed by atoms with van der Waals surface area (Å²) in [4.78, 5) is 26.1. The Morgan fingerprint density at radius 1 is 1.22 bits per heavy atom. The van der Waals surface area contributed by atoms with Crippen LogP contribution < -0.4 is 20.1 Å². The molecule has 11 heteroatoms. The molecule has 0 bridgehead atoms. The summed E-state index contributed by atoms with van der Waals surface area (Å²) >= 11 is 0. The van der Waals surface area contributed by atoms with Gasteiger partial charge in [-0.15, -0.1) is 0 Å². The number of hydrogen-bond acceptors (Lipinski definition) is 8. The summed E-state index contributed by atoms with van der Waals surface area (Å²) in [6, 6.07) is 13.3. The number of ether oxygens (including phenoxy) is 3. The van der Waals surface area contributed by atoms with Crippen LogP contribution in [0.15, 0.2) is 48.5 Å². The van der Waals surface area contributed by atoms with Crippen LogP contribution in [0.4, 0.5) is 10.5 Å². The van der Waals surface area contributed by atoms with Crippen LogP contribution in [-0.4, -0.2) is 58.6 Å². The minimum Gasteiger partial charge on any atom is -0.490 e. The van der Waals surface area contributed by atoms with E-state index in [1.165, 1.54) is 7.11 Å². The maximum Gasteiger partial charge on any atom is 0.414 e. The molecule has 2 aromatic carbocycles. The minimum atomic E-state index is -3.61. The summed E-state index contributed by atoms with van der Waals surface area (Å²) in [5.41, 5.74) is 8.09. The van der Waals surface area contributed by atoms with Gasteiger partial charge in [0, 0.05) is 6.54 Å². The monoisotopic (exact) mass is 519 g/mol. The lowest BCUT2D eigenvalue weighted by Gasteiger charge is -2.17. The first-order valence-corrected chi connectivity index (χ1v) is 13.5. The predicted molar refractivity (Wildman–Crippen MR) is 135 cm³/mol. The maximum absolute atomic E-state index is 12.4. The van der Waals surface area contributed by atoms with Crippen LogP contribution in [-0.2, 0) is 37.3 Å². The fourth-order valence-corrected chi connectivity index (χ4v) is 5.22. The summed E-state index contributed by atoms with van der Waals surface area (Å²) in [7, 11) is -2.39. The normalized spacial score (nSPS) is 16.5. The molecule has 0 radical (unpaired) electrons. The van der Waals surface area contributed by atoms with Gasteiger partial charge >= 0.3 is 12.1 Å². The number of benzene rings is 2. The highest BCUT2D eigenvalue weighted by molar-refractivity contribution is 7.89. The number of sulfonamides is 1. The lowest BCUT2D eigenvalue weighted by Crippen LogP contribution is -2.43. The van der Waals surface area contributed by atoms with Gasteiger partial charge < -0.3 is 19.9 Å². The quantitative estimate of drug-likeness (QED) is 0.385. The zero-order valence-corrected chi connectivity index (χ0v) is 21.3. The Morgan fingerprint density at radius 3 is 2.61 bits per heavy atom. The van der Waals surface area contributed by atoms with E-state index >= 15 is 0 Å². The van der Waals surface area contributed by atoms with Gasteiger partial charge in [-0.25, -0.2) is 17.9 Å². The smallest absolute Gasteiger partial charge is 0.414 e. The number of nitrogens with one attached hydrogen (secondary N) is 1. The lowest BCUT2D eigenvalue weighted by atomic mass is 10.1. The fourth-order valence-electron chi connectivity index (χ4n) is 3.82. The Bertz CT molecular complexity index is 1140. The first-order chi connectivity index (χ1) is 17.3. The first kappa shape index (κ1) is 27.4. The third-order valence-electron chi connectivity index (χ3n) is 5.75. The van der Waals surface area contributed by atoms with Crippen LogP contribution in [0, 0.1) is 0 Å². The third kappa shape index (κ3) is 7.42. The van der Waals surface area contributed by atoms with Crippen molar-refractivity contribution in [1.82, 2.24) is 4.72 Å². The van der Waals surface area contributed by atoms with E-state index < -0.39 is 34.2 Å². The minimum absolute atomic E-state index is 0.0508. The van der Waals surface area contributed by atoms with E-state index in [-0.39, 0.29) is 18.8 Å². The van der Waals surface area contributed by atoms with Crippen molar-refractivity contribution in [2.24, 2.45) is 5.73 Å². The molecule has 0 saturated carbocycles. The van der Waals surface area contributed by atoms with Crippen molar-refractivity contribution in [3.63, 3.8) is 0 Å². The topological polar surface area (TPSA) is 137 Å². The van der Waals surface area contributed by atoms with E-state index in [0.29, 0.717) is 25.3 Å². The number of nitrogens with zero attached hydrogens (tertiary/aromatic N) is 1. The second kappa shape index (κ2) is 12.7. The molecule has 1 fully saturated rings. The van der Waals surface area contributed by atoms with Gasteiger partial charge in [0.1, 0.15) is 18.4 Å². The van der Waals surface area contributed by atoms with Crippen molar-refractivity contribution >= 4 is 27.8 Å². The number of para-hydroxylation sites is 1. The Balaban J connectivity index is 1.57. The zero-order valence-electron chi connectivity index (χ0n) is 20.5. The van der Waals surface area contributed by atoms with Crippen LogP contribution in [0.2, 0.25) is 0 Å². The molecule has 2 unspecified atom stereocenters. The molecular formula is C25H33N3O7S. The van der Waals surface area contributed by atoms with Gasteiger partial charge in [-0.2, -0.15) is 0 Å². The van der Waals surface area contributed by atoms with Crippen molar-refractivity contribution in [2.45, 2.75) is 44.9 Å². The first-order valence-electron chi connectivity index (χ1n) is 11.8. The number of carbonyl (C=O) groups is 2. The highest BCUT2D eigenvalue weighted by Crippen LogP contribution is 2.26. The molecule has 3 rings (SSSR count). The van der Waals surface area contributed by atoms with E-state index in [1.807, 2.05) is 31.2 Å². The predicted octanol–water partition coefficient (Wildman–Crippen LogP) is 2.35. The van der Waals surface area contributed by atoms with E-state index in [9.17, 15) is 18.0 Å². The summed E-state index contributed by atoms with van der Waals surface area (Å²) in [6.45, 7) is 2.70. The molecule has 1 amide bonds. The highest BCUT2D eigenvalue weighted by atomic mass is 32.2. The van der Waals surface area contributed by atoms with Gasteiger partial charge in [0.2, 0.25) is 10.0 Å². The molecule has 0 aromatic heterocycles. The van der Waals surface area contributed by atoms with Gasteiger partial charge in [0.05, 0.1) is 25.1 Å². The number of anilines is 1. The molecule has 0 aliphatic carbocycles. The number of nitrogens with two attached hydrogens (primary N) is 1. The van der Waals surface area contributed by atoms with Gasteiger partial charge in [-0.1, -0.05) is 43.7 Å². The average Bonchev–Trinajstić information content (AvgIpc) is 3.26. The van der Waals surface area contributed by atoms with Crippen LogP contribution in [0.3, 0.4) is 0 Å². The van der Waals surface area contributed by atoms with E-state index in [2.05, 4.69) is 4.72 Å². The Kier molecular flexibility index (Phi) is 9.68. The average molecular weight is 520 g/mol. The standard InChI is InChI=1S/C25H33N3O7S/c1-3-4-13-36(31,32)27-22(24(29)33-2)14-18-9-11-20(12-10-18)34-17-21-16-28(25(30)35-21)23-8-6-5-7-19(23)15-26/h5-12,21-22,27H,3-4,13-17,26H2,1-2H3. The van der Waals surface area contributed by atoms with Crippen LogP contribution in [0.25, 0.3) is 0 Å². The summed E-state index contributed by atoms with van der Waals surface area (Å²) in [5, 5.41) is 0. The molecule has 1 saturated heterocycles. The number of hydrogen-bond donors (Lipinski definition) is 2. The number of cyclic esters (lactones) is 1. The summed E-state index contributed by atoms with van der Waals surface area (Å²) in [6.07, 6.45) is 0.459. The Morgan fingerprint density at radius 2 is 1.94 bits per heavy atom. The molecular weight excluding hydrogens is 486 g/mol. The van der Waals surface area contributed by atoms with Crippen molar-refractivity contribution in [3.05, 3.63) is 59.7 Å². The summed E-state index contributed by atoms with van der Waals surface area (Å²) in [5.74, 6) is -0.155.